The Hall–Kier alpha value is -3.24. The Bertz CT molecular complexity index is 931. The number of nitro groups is 1. The molecule has 1 heterocycles. The quantitative estimate of drug-likeness (QED) is 0.435. The number of nitro benzene ring substituents is 1. The van der Waals surface area contributed by atoms with Crippen molar-refractivity contribution in [2.24, 2.45) is 0 Å². The van der Waals surface area contributed by atoms with Crippen molar-refractivity contribution in [2.75, 3.05) is 43.6 Å². The predicted molar refractivity (Wildman–Crippen MR) is 113 cm³/mol. The minimum atomic E-state index is -0.540. The number of ether oxygens (including phenoxy) is 2. The first-order valence-electron chi connectivity index (χ1n) is 8.85. The minimum Gasteiger partial charge on any atom is -0.497 e. The van der Waals surface area contributed by atoms with Gasteiger partial charge in [0.1, 0.15) is 11.4 Å². The zero-order valence-electron chi connectivity index (χ0n) is 15.7. The number of amides is 1. The van der Waals surface area contributed by atoms with Crippen LogP contribution in [-0.4, -0.2) is 49.4 Å². The van der Waals surface area contributed by atoms with Gasteiger partial charge in [0.25, 0.3) is 11.6 Å². The highest BCUT2D eigenvalue weighted by Crippen LogP contribution is 2.30. The van der Waals surface area contributed by atoms with E-state index in [1.165, 1.54) is 6.07 Å². The fraction of sp³-hybridized carbons (Fsp3) is 0.263. The van der Waals surface area contributed by atoms with E-state index in [0.29, 0.717) is 43.4 Å². The van der Waals surface area contributed by atoms with Crippen molar-refractivity contribution < 1.29 is 19.2 Å². The molecule has 1 fully saturated rings. The number of anilines is 2. The normalized spacial score (nSPS) is 13.5. The lowest BCUT2D eigenvalue weighted by Gasteiger charge is -2.28. The third-order valence-electron chi connectivity index (χ3n) is 4.34. The molecule has 0 bridgehead atoms. The molecule has 0 radical (unpaired) electrons. The second-order valence-corrected chi connectivity index (χ2v) is 6.61. The van der Waals surface area contributed by atoms with Crippen LogP contribution in [0.1, 0.15) is 10.4 Å². The Balaban J connectivity index is 1.72. The van der Waals surface area contributed by atoms with Gasteiger partial charge in [-0.15, -0.1) is 0 Å². The van der Waals surface area contributed by atoms with Gasteiger partial charge >= 0.3 is 0 Å². The Morgan fingerprint density at radius 2 is 2.00 bits per heavy atom. The smallest absolute Gasteiger partial charge is 0.293 e. The SMILES string of the molecule is COc1cccc(NC(=S)NC(=O)c2ccc(N3CCOCC3)c([N+](=O)[O-])c2)c1. The maximum absolute atomic E-state index is 12.5. The summed E-state index contributed by atoms with van der Waals surface area (Å²) in [6.45, 7) is 2.12. The maximum atomic E-state index is 12.5. The van der Waals surface area contributed by atoms with Crippen LogP contribution in [0, 0.1) is 10.1 Å². The number of carbonyl (C=O) groups excluding carboxylic acids is 1. The lowest BCUT2D eigenvalue weighted by atomic mass is 10.1. The van der Waals surface area contributed by atoms with E-state index in [9.17, 15) is 14.9 Å². The van der Waals surface area contributed by atoms with Gasteiger partial charge in [-0.05, 0) is 36.5 Å². The average Bonchev–Trinajstić information content (AvgIpc) is 2.73. The van der Waals surface area contributed by atoms with Crippen LogP contribution in [0.25, 0.3) is 0 Å². The van der Waals surface area contributed by atoms with Crippen LogP contribution in [0.3, 0.4) is 0 Å². The van der Waals surface area contributed by atoms with E-state index in [0.717, 1.165) is 0 Å². The van der Waals surface area contributed by atoms with E-state index in [1.54, 1.807) is 43.5 Å². The Kier molecular flexibility index (Phi) is 6.57. The number of carbonyl (C=O) groups is 1. The molecular weight excluding hydrogens is 396 g/mol. The number of morpholine rings is 1. The van der Waals surface area contributed by atoms with Crippen molar-refractivity contribution in [3.05, 3.63) is 58.1 Å². The van der Waals surface area contributed by atoms with Gasteiger partial charge in [0.2, 0.25) is 0 Å². The fourth-order valence-electron chi connectivity index (χ4n) is 2.92. The molecule has 0 atom stereocenters. The zero-order valence-corrected chi connectivity index (χ0v) is 16.5. The lowest BCUT2D eigenvalue weighted by Crippen LogP contribution is -2.37. The largest absolute Gasteiger partial charge is 0.497 e. The van der Waals surface area contributed by atoms with Gasteiger partial charge in [0.05, 0.1) is 25.2 Å². The number of thiocarbonyl (C=S) groups is 1. The topological polar surface area (TPSA) is 106 Å². The van der Waals surface area contributed by atoms with Crippen molar-refractivity contribution in [1.29, 1.82) is 0 Å². The van der Waals surface area contributed by atoms with Gasteiger partial charge in [-0.25, -0.2) is 0 Å². The summed E-state index contributed by atoms with van der Waals surface area (Å²) in [5.74, 6) is 0.0977. The van der Waals surface area contributed by atoms with Crippen LogP contribution in [0.15, 0.2) is 42.5 Å². The third-order valence-corrected chi connectivity index (χ3v) is 4.54. The summed E-state index contributed by atoms with van der Waals surface area (Å²) in [6, 6.07) is 11.4. The molecule has 3 rings (SSSR count). The van der Waals surface area contributed by atoms with E-state index in [-0.39, 0.29) is 16.4 Å². The first-order valence-corrected chi connectivity index (χ1v) is 9.26. The molecule has 10 heteroatoms. The summed E-state index contributed by atoms with van der Waals surface area (Å²) < 4.78 is 10.4. The number of methoxy groups -OCH3 is 1. The van der Waals surface area contributed by atoms with Crippen LogP contribution in [0.4, 0.5) is 17.1 Å². The molecule has 1 saturated heterocycles. The lowest BCUT2D eigenvalue weighted by molar-refractivity contribution is -0.384. The van der Waals surface area contributed by atoms with Gasteiger partial charge < -0.3 is 19.7 Å². The van der Waals surface area contributed by atoms with E-state index in [1.807, 2.05) is 4.90 Å². The number of hydrogen-bond acceptors (Lipinski definition) is 7. The van der Waals surface area contributed by atoms with E-state index in [2.05, 4.69) is 10.6 Å². The molecule has 2 N–H and O–H groups in total. The molecule has 0 spiro atoms. The third kappa shape index (κ3) is 5.18. The van der Waals surface area contributed by atoms with Crippen LogP contribution >= 0.6 is 12.2 Å². The Morgan fingerprint density at radius 1 is 1.24 bits per heavy atom. The number of hydrogen-bond donors (Lipinski definition) is 2. The molecule has 0 unspecified atom stereocenters. The molecule has 0 aliphatic carbocycles. The highest BCUT2D eigenvalue weighted by molar-refractivity contribution is 7.80. The van der Waals surface area contributed by atoms with Crippen LogP contribution < -0.4 is 20.3 Å². The monoisotopic (exact) mass is 416 g/mol. The van der Waals surface area contributed by atoms with Gasteiger partial charge in [0, 0.05) is 36.5 Å². The summed E-state index contributed by atoms with van der Waals surface area (Å²) in [6.07, 6.45) is 0. The molecule has 0 saturated carbocycles. The molecule has 1 aliphatic heterocycles. The molecule has 1 aliphatic rings. The van der Waals surface area contributed by atoms with E-state index < -0.39 is 10.8 Å². The van der Waals surface area contributed by atoms with Gasteiger partial charge in [-0.1, -0.05) is 6.07 Å². The highest BCUT2D eigenvalue weighted by Gasteiger charge is 2.23. The maximum Gasteiger partial charge on any atom is 0.293 e. The first kappa shape index (κ1) is 20.5. The van der Waals surface area contributed by atoms with Crippen molar-refractivity contribution >= 4 is 40.3 Å². The standard InChI is InChI=1S/C19H20N4O5S/c1-27-15-4-2-3-14(12-15)20-19(29)21-18(24)13-5-6-16(17(11-13)23(25)26)22-7-9-28-10-8-22/h2-6,11-12H,7-10H2,1H3,(H2,20,21,24,29). The average molecular weight is 416 g/mol. The van der Waals surface area contributed by atoms with Crippen LogP contribution in [0.5, 0.6) is 5.75 Å². The summed E-state index contributed by atoms with van der Waals surface area (Å²) >= 11 is 5.16. The van der Waals surface area contributed by atoms with E-state index in [4.69, 9.17) is 21.7 Å². The summed E-state index contributed by atoms with van der Waals surface area (Å²) in [5.41, 5.74) is 1.12. The Labute approximate surface area is 172 Å². The zero-order chi connectivity index (χ0) is 20.8. The second kappa shape index (κ2) is 9.30. The molecule has 152 valence electrons. The first-order chi connectivity index (χ1) is 14.0. The highest BCUT2D eigenvalue weighted by atomic mass is 32.1. The van der Waals surface area contributed by atoms with Crippen molar-refractivity contribution in [3.63, 3.8) is 0 Å². The minimum absolute atomic E-state index is 0.0724. The predicted octanol–water partition coefficient (Wildman–Crippen LogP) is 2.57. The molecule has 2 aromatic carbocycles. The van der Waals surface area contributed by atoms with Gasteiger partial charge in [-0.3, -0.25) is 20.2 Å². The van der Waals surface area contributed by atoms with Crippen LogP contribution in [0.2, 0.25) is 0 Å². The van der Waals surface area contributed by atoms with Crippen molar-refractivity contribution in [2.45, 2.75) is 0 Å². The molecular formula is C19H20N4O5S. The summed E-state index contributed by atoms with van der Waals surface area (Å²) in [5, 5.41) is 17.0. The van der Waals surface area contributed by atoms with Gasteiger partial charge in [0.15, 0.2) is 5.11 Å². The number of rotatable bonds is 5. The molecule has 2 aromatic rings. The summed E-state index contributed by atoms with van der Waals surface area (Å²) in [4.78, 5) is 25.4. The molecule has 1 amide bonds. The summed E-state index contributed by atoms with van der Waals surface area (Å²) in [7, 11) is 1.55. The van der Waals surface area contributed by atoms with Gasteiger partial charge in [-0.2, -0.15) is 0 Å². The van der Waals surface area contributed by atoms with Crippen LogP contribution in [-0.2, 0) is 4.74 Å². The molecule has 29 heavy (non-hydrogen) atoms. The number of nitrogens with one attached hydrogen (secondary N) is 2. The number of nitrogens with zero attached hydrogens (tertiary/aromatic N) is 2. The Morgan fingerprint density at radius 3 is 2.69 bits per heavy atom. The molecule has 0 aromatic heterocycles. The fourth-order valence-corrected chi connectivity index (χ4v) is 3.13. The number of benzene rings is 2. The van der Waals surface area contributed by atoms with Crippen molar-refractivity contribution in [3.8, 4) is 5.75 Å². The second-order valence-electron chi connectivity index (χ2n) is 6.20. The van der Waals surface area contributed by atoms with E-state index >= 15 is 0 Å². The molecule has 9 nitrogen and oxygen atoms in total. The van der Waals surface area contributed by atoms with Crippen molar-refractivity contribution in [1.82, 2.24) is 5.32 Å².